The number of fused-ring (bicyclic) bond motifs is 1. The number of para-hydroxylation sites is 2. The molecule has 0 aliphatic carbocycles. The Balaban J connectivity index is 1.42. The lowest BCUT2D eigenvalue weighted by molar-refractivity contribution is -0.121. The van der Waals surface area contributed by atoms with Crippen LogP contribution < -0.4 is 5.32 Å². The van der Waals surface area contributed by atoms with Crippen LogP contribution in [0.25, 0.3) is 11.0 Å². The molecule has 0 aliphatic rings. The van der Waals surface area contributed by atoms with Gasteiger partial charge in [0.05, 0.1) is 11.0 Å². The van der Waals surface area contributed by atoms with Crippen LogP contribution in [0.2, 0.25) is 0 Å². The van der Waals surface area contributed by atoms with Crippen molar-refractivity contribution in [3.8, 4) is 0 Å². The minimum atomic E-state index is 0.0827. The van der Waals surface area contributed by atoms with Crippen LogP contribution in [0, 0.1) is 0 Å². The molecule has 0 spiro atoms. The number of amides is 1. The minimum Gasteiger partial charge on any atom is -0.356 e. The third-order valence-electron chi connectivity index (χ3n) is 6.05. The number of nitrogens with zero attached hydrogens (tertiary/aromatic N) is 2. The molecule has 3 aromatic carbocycles. The number of aryl methyl sites for hydroxylation is 1. The van der Waals surface area contributed by atoms with E-state index < -0.39 is 0 Å². The van der Waals surface area contributed by atoms with Crippen molar-refractivity contribution < 1.29 is 4.79 Å². The SMILES string of the molecule is CC(C)(C)c1ccc(Cn2c(CCNC(=O)CCc3ccccc3)nc3ccccc32)cc1. The summed E-state index contributed by atoms with van der Waals surface area (Å²) < 4.78 is 2.28. The van der Waals surface area contributed by atoms with Crippen LogP contribution in [0.1, 0.15) is 49.7 Å². The molecule has 0 bridgehead atoms. The van der Waals surface area contributed by atoms with Gasteiger partial charge in [-0.2, -0.15) is 0 Å². The summed E-state index contributed by atoms with van der Waals surface area (Å²) in [5.74, 6) is 1.08. The van der Waals surface area contributed by atoms with E-state index in [9.17, 15) is 4.79 Å². The summed E-state index contributed by atoms with van der Waals surface area (Å²) in [7, 11) is 0. The van der Waals surface area contributed by atoms with E-state index >= 15 is 0 Å². The molecule has 0 fully saturated rings. The molecule has 0 radical (unpaired) electrons. The van der Waals surface area contributed by atoms with Gasteiger partial charge in [-0.25, -0.2) is 4.98 Å². The predicted molar refractivity (Wildman–Crippen MR) is 135 cm³/mol. The number of carbonyl (C=O) groups excluding carboxylic acids is 1. The molecule has 4 nitrogen and oxygen atoms in total. The number of hydrogen-bond acceptors (Lipinski definition) is 2. The number of nitrogens with one attached hydrogen (secondary N) is 1. The van der Waals surface area contributed by atoms with Crippen molar-refractivity contribution in [1.29, 1.82) is 0 Å². The lowest BCUT2D eigenvalue weighted by Crippen LogP contribution is -2.26. The van der Waals surface area contributed by atoms with Crippen molar-refractivity contribution in [3.63, 3.8) is 0 Å². The summed E-state index contributed by atoms with van der Waals surface area (Å²) in [6.45, 7) is 8.05. The first-order valence-corrected chi connectivity index (χ1v) is 11.7. The molecule has 4 rings (SSSR count). The monoisotopic (exact) mass is 439 g/mol. The Hall–Kier alpha value is -3.40. The van der Waals surface area contributed by atoms with Crippen molar-refractivity contribution in [2.24, 2.45) is 0 Å². The second kappa shape index (κ2) is 10.0. The molecule has 33 heavy (non-hydrogen) atoms. The maximum absolute atomic E-state index is 12.3. The molecular formula is C29H33N3O. The maximum atomic E-state index is 12.3. The van der Waals surface area contributed by atoms with Gasteiger partial charge in [-0.3, -0.25) is 4.79 Å². The predicted octanol–water partition coefficient (Wildman–Crippen LogP) is 5.67. The normalized spacial score (nSPS) is 11.6. The Kier molecular flexibility index (Phi) is 6.93. The Morgan fingerprint density at radius 2 is 1.55 bits per heavy atom. The molecule has 1 amide bonds. The first-order chi connectivity index (χ1) is 15.9. The molecule has 170 valence electrons. The van der Waals surface area contributed by atoms with Gasteiger partial charge in [-0.15, -0.1) is 0 Å². The molecule has 1 aromatic heterocycles. The second-order valence-electron chi connectivity index (χ2n) is 9.64. The minimum absolute atomic E-state index is 0.0827. The van der Waals surface area contributed by atoms with Crippen LogP contribution >= 0.6 is 0 Å². The Morgan fingerprint density at radius 3 is 2.27 bits per heavy atom. The van der Waals surface area contributed by atoms with Gasteiger partial charge >= 0.3 is 0 Å². The molecule has 4 aromatic rings. The summed E-state index contributed by atoms with van der Waals surface area (Å²) in [6.07, 6.45) is 1.96. The van der Waals surface area contributed by atoms with Gasteiger partial charge in [-0.1, -0.05) is 87.5 Å². The van der Waals surface area contributed by atoms with Gasteiger partial charge in [0, 0.05) is 25.9 Å². The zero-order valence-corrected chi connectivity index (χ0v) is 19.8. The fraction of sp³-hybridized carbons (Fsp3) is 0.310. The first-order valence-electron chi connectivity index (χ1n) is 11.7. The quantitative estimate of drug-likeness (QED) is 0.384. The zero-order chi connectivity index (χ0) is 23.3. The number of hydrogen-bond donors (Lipinski definition) is 1. The van der Waals surface area contributed by atoms with E-state index in [0.717, 1.165) is 29.8 Å². The highest BCUT2D eigenvalue weighted by Crippen LogP contribution is 2.23. The second-order valence-corrected chi connectivity index (χ2v) is 9.64. The number of benzene rings is 3. The van der Waals surface area contributed by atoms with Crippen molar-refractivity contribution in [1.82, 2.24) is 14.9 Å². The van der Waals surface area contributed by atoms with E-state index in [1.54, 1.807) is 0 Å². The van der Waals surface area contributed by atoms with E-state index in [4.69, 9.17) is 4.98 Å². The fourth-order valence-electron chi connectivity index (χ4n) is 4.09. The van der Waals surface area contributed by atoms with E-state index in [2.05, 4.69) is 85.3 Å². The van der Waals surface area contributed by atoms with Crippen LogP contribution in [-0.2, 0) is 29.6 Å². The standard InChI is InChI=1S/C29H33N3O/c1-29(2,3)24-16-13-23(14-17-24)21-32-26-12-8-7-11-25(26)31-27(32)19-20-30-28(33)18-15-22-9-5-4-6-10-22/h4-14,16-17H,15,18-21H2,1-3H3,(H,30,33). The lowest BCUT2D eigenvalue weighted by Gasteiger charge is -2.19. The Labute approximate surface area is 196 Å². The lowest BCUT2D eigenvalue weighted by atomic mass is 9.87. The highest BCUT2D eigenvalue weighted by Gasteiger charge is 2.14. The van der Waals surface area contributed by atoms with Gasteiger partial charge in [0.25, 0.3) is 0 Å². The van der Waals surface area contributed by atoms with Crippen molar-refractivity contribution in [3.05, 3.63) is 101 Å². The zero-order valence-electron chi connectivity index (χ0n) is 19.8. The summed E-state index contributed by atoms with van der Waals surface area (Å²) in [4.78, 5) is 17.2. The number of imidazole rings is 1. The van der Waals surface area contributed by atoms with E-state index in [1.807, 2.05) is 24.3 Å². The molecule has 0 saturated carbocycles. The highest BCUT2D eigenvalue weighted by molar-refractivity contribution is 5.77. The summed E-state index contributed by atoms with van der Waals surface area (Å²) in [5, 5.41) is 3.07. The maximum Gasteiger partial charge on any atom is 0.220 e. The first kappa shape index (κ1) is 22.8. The van der Waals surface area contributed by atoms with E-state index in [0.29, 0.717) is 19.4 Å². The average molecular weight is 440 g/mol. The molecule has 0 unspecified atom stereocenters. The van der Waals surface area contributed by atoms with Crippen LogP contribution in [0.15, 0.2) is 78.9 Å². The molecular weight excluding hydrogens is 406 g/mol. The third kappa shape index (κ3) is 5.89. The highest BCUT2D eigenvalue weighted by atomic mass is 16.1. The molecule has 4 heteroatoms. The topological polar surface area (TPSA) is 46.9 Å². The molecule has 0 atom stereocenters. The van der Waals surface area contributed by atoms with Gasteiger partial charge in [0.15, 0.2) is 0 Å². The summed E-state index contributed by atoms with van der Waals surface area (Å²) in [6, 6.07) is 27.2. The molecule has 0 saturated heterocycles. The van der Waals surface area contributed by atoms with Gasteiger partial charge in [-0.05, 0) is 40.7 Å². The van der Waals surface area contributed by atoms with Gasteiger partial charge < -0.3 is 9.88 Å². The van der Waals surface area contributed by atoms with Crippen molar-refractivity contribution in [2.75, 3.05) is 6.54 Å². The summed E-state index contributed by atoms with van der Waals surface area (Å²) in [5.41, 5.74) is 6.04. The molecule has 1 heterocycles. The molecule has 0 aliphatic heterocycles. The van der Waals surface area contributed by atoms with Gasteiger partial charge in [0.1, 0.15) is 5.82 Å². The molecule has 1 N–H and O–H groups in total. The number of aromatic nitrogens is 2. The number of carbonyl (C=O) groups is 1. The van der Waals surface area contributed by atoms with Crippen LogP contribution in [0.3, 0.4) is 0 Å². The van der Waals surface area contributed by atoms with Crippen LogP contribution in [0.4, 0.5) is 0 Å². The van der Waals surface area contributed by atoms with E-state index in [1.165, 1.54) is 16.7 Å². The van der Waals surface area contributed by atoms with E-state index in [-0.39, 0.29) is 11.3 Å². The van der Waals surface area contributed by atoms with Crippen LogP contribution in [-0.4, -0.2) is 22.0 Å². The van der Waals surface area contributed by atoms with Crippen LogP contribution in [0.5, 0.6) is 0 Å². The Bertz CT molecular complexity index is 1200. The van der Waals surface area contributed by atoms with Crippen molar-refractivity contribution in [2.45, 2.75) is 52.0 Å². The largest absolute Gasteiger partial charge is 0.356 e. The van der Waals surface area contributed by atoms with Gasteiger partial charge in [0.2, 0.25) is 5.91 Å². The van der Waals surface area contributed by atoms with Crippen molar-refractivity contribution >= 4 is 16.9 Å². The third-order valence-corrected chi connectivity index (χ3v) is 6.05. The fourth-order valence-corrected chi connectivity index (χ4v) is 4.09. The Morgan fingerprint density at radius 1 is 0.848 bits per heavy atom. The number of rotatable bonds is 8. The average Bonchev–Trinajstić information content (AvgIpc) is 3.15. The smallest absolute Gasteiger partial charge is 0.220 e. The summed E-state index contributed by atoms with van der Waals surface area (Å²) >= 11 is 0.